The van der Waals surface area contributed by atoms with Gasteiger partial charge in [-0.25, -0.2) is 0 Å². The molecule has 0 radical (unpaired) electrons. The molecule has 2 rings (SSSR count). The Kier molecular flexibility index (Phi) is 3.79. The van der Waals surface area contributed by atoms with E-state index in [0.29, 0.717) is 0 Å². The van der Waals surface area contributed by atoms with Crippen LogP contribution in [-0.4, -0.2) is 7.05 Å². The number of nitrogens with one attached hydrogen (secondary N) is 1. The minimum Gasteiger partial charge on any atom is -0.316 e. The third-order valence-electron chi connectivity index (χ3n) is 3.44. The van der Waals surface area contributed by atoms with E-state index in [1.165, 1.54) is 37.7 Å². The van der Waals surface area contributed by atoms with Gasteiger partial charge >= 0.3 is 0 Å². The Balaban J connectivity index is 2.02. The summed E-state index contributed by atoms with van der Waals surface area (Å²) in [5.41, 5.74) is 2.94. The third kappa shape index (κ3) is 2.82. The fourth-order valence-electron chi connectivity index (χ4n) is 2.55. The molecule has 1 fully saturated rings. The van der Waals surface area contributed by atoms with Crippen molar-refractivity contribution in [3.05, 3.63) is 35.4 Å². The molecule has 1 nitrogen and oxygen atoms in total. The lowest BCUT2D eigenvalue weighted by Crippen LogP contribution is -2.06. The lowest BCUT2D eigenvalue weighted by atomic mass is 9.84. The zero-order valence-electron chi connectivity index (χ0n) is 9.63. The van der Waals surface area contributed by atoms with E-state index in [2.05, 4.69) is 29.6 Å². The summed E-state index contributed by atoms with van der Waals surface area (Å²) >= 11 is 0. The second-order valence-electron chi connectivity index (χ2n) is 4.61. The van der Waals surface area contributed by atoms with Crippen LogP contribution in [0.5, 0.6) is 0 Å². The molecule has 0 heterocycles. The zero-order chi connectivity index (χ0) is 10.5. The van der Waals surface area contributed by atoms with Crippen LogP contribution in [0, 0.1) is 0 Å². The van der Waals surface area contributed by atoms with Crippen LogP contribution >= 0.6 is 0 Å². The lowest BCUT2D eigenvalue weighted by molar-refractivity contribution is 0.443. The summed E-state index contributed by atoms with van der Waals surface area (Å²) in [5, 5.41) is 3.18. The average molecular weight is 203 g/mol. The number of hydrogen-bond donors (Lipinski definition) is 1. The van der Waals surface area contributed by atoms with E-state index in [0.717, 1.165) is 12.5 Å². The maximum atomic E-state index is 3.18. The van der Waals surface area contributed by atoms with E-state index in [1.54, 1.807) is 5.56 Å². The van der Waals surface area contributed by atoms with Crippen LogP contribution in [-0.2, 0) is 6.54 Å². The first kappa shape index (κ1) is 10.7. The van der Waals surface area contributed by atoms with Crippen LogP contribution in [0.1, 0.15) is 49.1 Å². The monoisotopic (exact) mass is 203 g/mol. The van der Waals surface area contributed by atoms with Gasteiger partial charge in [-0.3, -0.25) is 0 Å². The van der Waals surface area contributed by atoms with E-state index in [-0.39, 0.29) is 0 Å². The Morgan fingerprint density at radius 2 is 1.73 bits per heavy atom. The molecule has 1 N–H and O–H groups in total. The highest BCUT2D eigenvalue weighted by molar-refractivity contribution is 5.25. The summed E-state index contributed by atoms with van der Waals surface area (Å²) in [6.45, 7) is 0.977. The Labute approximate surface area is 92.9 Å². The van der Waals surface area contributed by atoms with Crippen molar-refractivity contribution in [1.29, 1.82) is 0 Å². The van der Waals surface area contributed by atoms with E-state index in [1.807, 2.05) is 7.05 Å². The van der Waals surface area contributed by atoms with Gasteiger partial charge in [0.1, 0.15) is 0 Å². The van der Waals surface area contributed by atoms with Crippen molar-refractivity contribution >= 4 is 0 Å². The Morgan fingerprint density at radius 3 is 2.33 bits per heavy atom. The summed E-state index contributed by atoms with van der Waals surface area (Å²) < 4.78 is 0. The predicted octanol–water partition coefficient (Wildman–Crippen LogP) is 3.45. The first-order valence-electron chi connectivity index (χ1n) is 6.13. The minimum atomic E-state index is 0.836. The van der Waals surface area contributed by atoms with Crippen LogP contribution in [0.4, 0.5) is 0 Å². The average Bonchev–Trinajstić information content (AvgIpc) is 2.32. The second kappa shape index (κ2) is 5.32. The molecule has 0 bridgehead atoms. The van der Waals surface area contributed by atoms with Gasteiger partial charge in [0.05, 0.1) is 0 Å². The van der Waals surface area contributed by atoms with Gasteiger partial charge in [-0.1, -0.05) is 43.5 Å². The zero-order valence-corrected chi connectivity index (χ0v) is 9.63. The first-order valence-corrected chi connectivity index (χ1v) is 6.13. The van der Waals surface area contributed by atoms with Gasteiger partial charge in [-0.15, -0.1) is 0 Å². The molecular weight excluding hydrogens is 182 g/mol. The Bertz CT molecular complexity index is 283. The minimum absolute atomic E-state index is 0.836. The number of rotatable bonds is 3. The lowest BCUT2D eigenvalue weighted by Gasteiger charge is -2.22. The molecule has 1 aromatic carbocycles. The topological polar surface area (TPSA) is 12.0 Å². The first-order chi connectivity index (χ1) is 7.40. The molecule has 0 atom stereocenters. The molecule has 0 aromatic heterocycles. The van der Waals surface area contributed by atoms with Crippen LogP contribution in [0.3, 0.4) is 0 Å². The van der Waals surface area contributed by atoms with Crippen LogP contribution in [0.2, 0.25) is 0 Å². The molecule has 1 aromatic rings. The summed E-state index contributed by atoms with van der Waals surface area (Å²) in [6, 6.07) is 9.17. The van der Waals surface area contributed by atoms with Crippen molar-refractivity contribution in [2.75, 3.05) is 7.05 Å². The highest BCUT2D eigenvalue weighted by Crippen LogP contribution is 2.32. The van der Waals surface area contributed by atoms with Gasteiger partial charge in [0.25, 0.3) is 0 Å². The van der Waals surface area contributed by atoms with E-state index < -0.39 is 0 Å². The maximum Gasteiger partial charge on any atom is 0.0202 e. The highest BCUT2D eigenvalue weighted by atomic mass is 14.8. The molecule has 0 aliphatic heterocycles. The maximum absolute atomic E-state index is 3.18. The van der Waals surface area contributed by atoms with Crippen molar-refractivity contribution in [3.63, 3.8) is 0 Å². The summed E-state index contributed by atoms with van der Waals surface area (Å²) in [5.74, 6) is 0.836. The van der Waals surface area contributed by atoms with Crippen molar-refractivity contribution in [2.45, 2.75) is 44.6 Å². The largest absolute Gasteiger partial charge is 0.316 e. The molecular formula is C14H21N. The molecule has 1 saturated carbocycles. The van der Waals surface area contributed by atoms with E-state index in [4.69, 9.17) is 0 Å². The molecule has 0 unspecified atom stereocenters. The van der Waals surface area contributed by atoms with E-state index in [9.17, 15) is 0 Å². The van der Waals surface area contributed by atoms with Crippen LogP contribution < -0.4 is 5.32 Å². The summed E-state index contributed by atoms with van der Waals surface area (Å²) in [7, 11) is 2.00. The predicted molar refractivity (Wildman–Crippen MR) is 65.0 cm³/mol. The van der Waals surface area contributed by atoms with Gasteiger partial charge < -0.3 is 5.32 Å². The standard InChI is InChI=1S/C14H21N/c1-15-11-12-7-9-14(10-8-12)13-5-3-2-4-6-13/h7-10,13,15H,2-6,11H2,1H3. The molecule has 0 spiro atoms. The molecule has 0 saturated heterocycles. The van der Waals surface area contributed by atoms with Crippen molar-refractivity contribution in [3.8, 4) is 0 Å². The Morgan fingerprint density at radius 1 is 1.07 bits per heavy atom. The van der Waals surface area contributed by atoms with Gasteiger partial charge in [0, 0.05) is 6.54 Å². The van der Waals surface area contributed by atoms with E-state index >= 15 is 0 Å². The second-order valence-corrected chi connectivity index (χ2v) is 4.61. The SMILES string of the molecule is CNCc1ccc(C2CCCCC2)cc1. The van der Waals surface area contributed by atoms with Gasteiger partial charge in [-0.2, -0.15) is 0 Å². The molecule has 82 valence electrons. The molecule has 1 heteroatoms. The molecule has 1 aliphatic carbocycles. The van der Waals surface area contributed by atoms with Crippen molar-refractivity contribution in [2.24, 2.45) is 0 Å². The van der Waals surface area contributed by atoms with Crippen LogP contribution in [0.25, 0.3) is 0 Å². The van der Waals surface area contributed by atoms with Gasteiger partial charge in [-0.05, 0) is 36.9 Å². The van der Waals surface area contributed by atoms with Crippen LogP contribution in [0.15, 0.2) is 24.3 Å². The molecule has 15 heavy (non-hydrogen) atoms. The smallest absolute Gasteiger partial charge is 0.0202 e. The van der Waals surface area contributed by atoms with Gasteiger partial charge in [0.15, 0.2) is 0 Å². The number of benzene rings is 1. The summed E-state index contributed by atoms with van der Waals surface area (Å²) in [4.78, 5) is 0. The molecule has 0 amide bonds. The fourth-order valence-corrected chi connectivity index (χ4v) is 2.55. The van der Waals surface area contributed by atoms with Crippen molar-refractivity contribution < 1.29 is 0 Å². The molecule has 1 aliphatic rings. The third-order valence-corrected chi connectivity index (χ3v) is 3.44. The summed E-state index contributed by atoms with van der Waals surface area (Å²) in [6.07, 6.45) is 7.07. The van der Waals surface area contributed by atoms with Gasteiger partial charge in [0.2, 0.25) is 0 Å². The fraction of sp³-hybridized carbons (Fsp3) is 0.571. The highest BCUT2D eigenvalue weighted by Gasteiger charge is 2.14. The van der Waals surface area contributed by atoms with Crippen molar-refractivity contribution in [1.82, 2.24) is 5.32 Å². The normalized spacial score (nSPS) is 17.9. The Hall–Kier alpha value is -0.820. The number of hydrogen-bond acceptors (Lipinski definition) is 1. The quantitative estimate of drug-likeness (QED) is 0.793.